The highest BCUT2D eigenvalue weighted by Gasteiger charge is 2.28. The topological polar surface area (TPSA) is 188 Å². The molecule has 0 aliphatic carbocycles. The van der Waals surface area contributed by atoms with Crippen molar-refractivity contribution in [1.29, 1.82) is 0 Å². The summed E-state index contributed by atoms with van der Waals surface area (Å²) in [7, 11) is 0. The molecule has 0 fully saturated rings. The molecule has 3 atom stereocenters. The van der Waals surface area contributed by atoms with Crippen molar-refractivity contribution in [3.8, 4) is 0 Å². The van der Waals surface area contributed by atoms with Crippen molar-refractivity contribution in [2.75, 3.05) is 12.3 Å². The van der Waals surface area contributed by atoms with Gasteiger partial charge < -0.3 is 31.9 Å². The van der Waals surface area contributed by atoms with Gasteiger partial charge in [-0.2, -0.15) is 12.6 Å². The molecule has 11 nitrogen and oxygen atoms in total. The molecule has 154 valence electrons. The second-order valence-corrected chi connectivity index (χ2v) is 6.62. The second kappa shape index (κ2) is 12.1. The minimum Gasteiger partial charge on any atom is -0.481 e. The van der Waals surface area contributed by atoms with Crippen LogP contribution >= 0.6 is 12.6 Å². The van der Waals surface area contributed by atoms with Crippen molar-refractivity contribution in [2.24, 2.45) is 11.7 Å². The number of nitrogens with one attached hydrogen (secondary N) is 3. The van der Waals surface area contributed by atoms with Crippen molar-refractivity contribution >= 4 is 42.3 Å². The summed E-state index contributed by atoms with van der Waals surface area (Å²) in [5.41, 5.74) is 5.48. The summed E-state index contributed by atoms with van der Waals surface area (Å²) >= 11 is 3.96. The number of aliphatic carboxylic acids is 2. The third kappa shape index (κ3) is 10.4. The van der Waals surface area contributed by atoms with E-state index in [-0.39, 0.29) is 18.1 Å². The van der Waals surface area contributed by atoms with Crippen molar-refractivity contribution < 1.29 is 34.2 Å². The summed E-state index contributed by atoms with van der Waals surface area (Å²) in [6.45, 7) is 2.99. The molecule has 0 spiro atoms. The van der Waals surface area contributed by atoms with Crippen LogP contribution in [0.2, 0.25) is 0 Å². The van der Waals surface area contributed by atoms with Gasteiger partial charge in [-0.15, -0.1) is 0 Å². The lowest BCUT2D eigenvalue weighted by molar-refractivity contribution is -0.140. The number of hydrogen-bond acceptors (Lipinski definition) is 7. The van der Waals surface area contributed by atoms with E-state index in [9.17, 15) is 24.0 Å². The molecule has 0 bridgehead atoms. The molecule has 0 aromatic heterocycles. The van der Waals surface area contributed by atoms with E-state index in [2.05, 4.69) is 28.6 Å². The smallest absolute Gasteiger partial charge is 0.322 e. The van der Waals surface area contributed by atoms with Gasteiger partial charge in [0.25, 0.3) is 0 Å². The summed E-state index contributed by atoms with van der Waals surface area (Å²) in [4.78, 5) is 57.5. The maximum absolute atomic E-state index is 12.5. The van der Waals surface area contributed by atoms with Crippen LogP contribution in [-0.2, 0) is 24.0 Å². The van der Waals surface area contributed by atoms with Crippen LogP contribution in [0.4, 0.5) is 0 Å². The normalized spacial score (nSPS) is 14.0. The zero-order valence-electron chi connectivity index (χ0n) is 15.1. The highest BCUT2D eigenvalue weighted by Crippen LogP contribution is 2.06. The molecule has 0 saturated heterocycles. The minimum absolute atomic E-state index is 0.00737. The Balaban J connectivity index is 5.02. The number of rotatable bonds is 12. The molecule has 0 aromatic carbocycles. The maximum Gasteiger partial charge on any atom is 0.322 e. The fourth-order valence-corrected chi connectivity index (χ4v) is 2.27. The average Bonchev–Trinajstić information content (AvgIpc) is 2.55. The summed E-state index contributed by atoms with van der Waals surface area (Å²) in [6.07, 6.45) is -0.383. The molecule has 3 unspecified atom stereocenters. The fourth-order valence-electron chi connectivity index (χ4n) is 2.01. The maximum atomic E-state index is 12.5. The highest BCUT2D eigenvalue weighted by molar-refractivity contribution is 7.80. The van der Waals surface area contributed by atoms with Crippen LogP contribution in [0.3, 0.4) is 0 Å². The van der Waals surface area contributed by atoms with E-state index >= 15 is 0 Å². The number of hydrogen-bond donors (Lipinski definition) is 7. The first kappa shape index (κ1) is 24.7. The standard InChI is InChI=1S/C15H26N4O7S/c1-7(2)3-9(18-13(24)8(16)4-11(20)21)15(26)19-10(6-27)14(25)17-5-12(22)23/h7-10,27H,3-6,16H2,1-2H3,(H,17,25)(H,18,24)(H,19,26)(H,20,21)(H,22,23). The Labute approximate surface area is 161 Å². The van der Waals surface area contributed by atoms with Gasteiger partial charge in [0.15, 0.2) is 0 Å². The molecule has 0 aliphatic heterocycles. The molecule has 7 N–H and O–H groups in total. The molecule has 27 heavy (non-hydrogen) atoms. The van der Waals surface area contributed by atoms with E-state index in [4.69, 9.17) is 15.9 Å². The summed E-state index contributed by atoms with van der Waals surface area (Å²) in [5, 5.41) is 24.2. The monoisotopic (exact) mass is 406 g/mol. The van der Waals surface area contributed by atoms with Crippen LogP contribution in [0.15, 0.2) is 0 Å². The SMILES string of the molecule is CC(C)CC(NC(=O)C(N)CC(=O)O)C(=O)NC(CS)C(=O)NCC(=O)O. The third-order valence-corrected chi connectivity index (χ3v) is 3.67. The second-order valence-electron chi connectivity index (χ2n) is 6.25. The van der Waals surface area contributed by atoms with Crippen molar-refractivity contribution in [1.82, 2.24) is 16.0 Å². The summed E-state index contributed by atoms with van der Waals surface area (Å²) in [5.74, 6) is -4.85. The third-order valence-electron chi connectivity index (χ3n) is 3.30. The minimum atomic E-state index is -1.33. The van der Waals surface area contributed by atoms with Crippen LogP contribution in [0.1, 0.15) is 26.7 Å². The lowest BCUT2D eigenvalue weighted by Gasteiger charge is -2.24. The lowest BCUT2D eigenvalue weighted by atomic mass is 10.0. The Bertz CT molecular complexity index is 570. The quantitative estimate of drug-likeness (QED) is 0.180. The fraction of sp³-hybridized carbons (Fsp3) is 0.667. The van der Waals surface area contributed by atoms with Gasteiger partial charge >= 0.3 is 11.9 Å². The number of nitrogens with two attached hydrogens (primary N) is 1. The van der Waals surface area contributed by atoms with E-state index in [1.54, 1.807) is 13.8 Å². The number of carbonyl (C=O) groups excluding carboxylic acids is 3. The van der Waals surface area contributed by atoms with E-state index in [0.29, 0.717) is 0 Å². The molecule has 0 heterocycles. The number of carboxylic acids is 2. The van der Waals surface area contributed by atoms with Gasteiger partial charge in [0, 0.05) is 5.75 Å². The van der Waals surface area contributed by atoms with Crippen LogP contribution in [-0.4, -0.2) is 70.3 Å². The Morgan fingerprint density at radius 1 is 0.926 bits per heavy atom. The molecule has 0 aromatic rings. The predicted octanol–water partition coefficient (Wildman–Crippen LogP) is -2.07. The number of carboxylic acid groups (broad SMARTS) is 2. The van der Waals surface area contributed by atoms with E-state index in [1.807, 2.05) is 0 Å². The summed E-state index contributed by atoms with van der Waals surface area (Å²) < 4.78 is 0. The van der Waals surface area contributed by atoms with Gasteiger partial charge in [-0.25, -0.2) is 0 Å². The molecule has 3 amide bonds. The Morgan fingerprint density at radius 2 is 1.48 bits per heavy atom. The molecule has 12 heteroatoms. The summed E-state index contributed by atoms with van der Waals surface area (Å²) in [6, 6.07) is -3.49. The van der Waals surface area contributed by atoms with Crippen molar-refractivity contribution in [3.05, 3.63) is 0 Å². The Morgan fingerprint density at radius 3 is 1.93 bits per heavy atom. The van der Waals surface area contributed by atoms with Crippen LogP contribution in [0.25, 0.3) is 0 Å². The molecule has 0 aliphatic rings. The molecular formula is C15H26N4O7S. The molecular weight excluding hydrogens is 380 g/mol. The molecule has 0 saturated carbocycles. The highest BCUT2D eigenvalue weighted by atomic mass is 32.1. The zero-order valence-corrected chi connectivity index (χ0v) is 16.0. The van der Waals surface area contributed by atoms with Gasteiger partial charge in [0.05, 0.1) is 12.5 Å². The predicted molar refractivity (Wildman–Crippen MR) is 98.0 cm³/mol. The van der Waals surface area contributed by atoms with Gasteiger partial charge in [-0.3, -0.25) is 24.0 Å². The number of carbonyl (C=O) groups is 5. The number of amides is 3. The lowest BCUT2D eigenvalue weighted by Crippen LogP contribution is -2.57. The van der Waals surface area contributed by atoms with Gasteiger partial charge in [0.2, 0.25) is 17.7 Å². The Hall–Kier alpha value is -2.34. The van der Waals surface area contributed by atoms with Crippen molar-refractivity contribution in [3.63, 3.8) is 0 Å². The van der Waals surface area contributed by atoms with Gasteiger partial charge in [-0.1, -0.05) is 13.8 Å². The first-order chi connectivity index (χ1) is 12.5. The Kier molecular flexibility index (Phi) is 11.1. The first-order valence-electron chi connectivity index (χ1n) is 8.16. The number of thiol groups is 1. The van der Waals surface area contributed by atoms with Gasteiger partial charge in [0.1, 0.15) is 18.6 Å². The van der Waals surface area contributed by atoms with Crippen LogP contribution < -0.4 is 21.7 Å². The first-order valence-corrected chi connectivity index (χ1v) is 8.79. The zero-order chi connectivity index (χ0) is 21.1. The largest absolute Gasteiger partial charge is 0.481 e. The van der Waals surface area contributed by atoms with Crippen molar-refractivity contribution in [2.45, 2.75) is 44.8 Å². The molecule has 0 rings (SSSR count). The molecule has 0 radical (unpaired) electrons. The average molecular weight is 406 g/mol. The van der Waals surface area contributed by atoms with E-state index in [0.717, 1.165) is 0 Å². The van der Waals surface area contributed by atoms with E-state index in [1.165, 1.54) is 0 Å². The van der Waals surface area contributed by atoms with Crippen LogP contribution in [0, 0.1) is 5.92 Å². The van der Waals surface area contributed by atoms with Gasteiger partial charge in [-0.05, 0) is 12.3 Å². The van der Waals surface area contributed by atoms with Crippen LogP contribution in [0.5, 0.6) is 0 Å². The van der Waals surface area contributed by atoms with E-state index < -0.39 is 60.8 Å².